The Bertz CT molecular complexity index is 1830. The molecule has 0 unspecified atom stereocenters. The van der Waals surface area contributed by atoms with E-state index in [2.05, 4.69) is 0 Å². The van der Waals surface area contributed by atoms with E-state index in [1.807, 2.05) is 0 Å². The predicted octanol–water partition coefficient (Wildman–Crippen LogP) is -3.19. The molecule has 0 amide bonds. The maximum atomic E-state index is 14.2. The van der Waals surface area contributed by atoms with E-state index in [1.165, 1.54) is 19.9 Å². The van der Waals surface area contributed by atoms with Crippen molar-refractivity contribution in [2.75, 3.05) is 6.61 Å². The van der Waals surface area contributed by atoms with Crippen molar-refractivity contribution in [3.8, 4) is 40.1 Å². The van der Waals surface area contributed by atoms with Crippen LogP contribution in [0.2, 0.25) is 0 Å². The van der Waals surface area contributed by atoms with Gasteiger partial charge in [-0.2, -0.15) is 0 Å². The molecule has 0 spiro atoms. The minimum absolute atomic E-state index is 0.0899. The van der Waals surface area contributed by atoms with E-state index in [0.29, 0.717) is 0 Å². The second kappa shape index (κ2) is 15.1. The molecule has 12 N–H and O–H groups in total. The second-order valence-electron chi connectivity index (χ2n) is 13.0. The fourth-order valence-electron chi connectivity index (χ4n) is 6.23. The zero-order chi connectivity index (χ0) is 38.6. The van der Waals surface area contributed by atoms with Crippen molar-refractivity contribution in [3.63, 3.8) is 0 Å². The molecule has 3 aliphatic heterocycles. The molecule has 20 nitrogen and oxygen atoms in total. The van der Waals surface area contributed by atoms with Crippen LogP contribution in [0.4, 0.5) is 0 Å². The van der Waals surface area contributed by atoms with Crippen LogP contribution in [0.1, 0.15) is 13.8 Å². The summed E-state index contributed by atoms with van der Waals surface area (Å²) in [5, 5.41) is 124. The molecule has 3 aromatic rings. The van der Waals surface area contributed by atoms with Crippen LogP contribution in [0.3, 0.4) is 0 Å². The third kappa shape index (κ3) is 7.22. The van der Waals surface area contributed by atoms with E-state index < -0.39 is 138 Å². The molecule has 1 aromatic heterocycles. The van der Waals surface area contributed by atoms with Crippen molar-refractivity contribution in [3.05, 3.63) is 40.6 Å². The molecule has 6 rings (SSSR count). The van der Waals surface area contributed by atoms with E-state index in [1.54, 1.807) is 0 Å². The summed E-state index contributed by atoms with van der Waals surface area (Å²) in [5.74, 6) is -3.38. The Morgan fingerprint density at radius 2 is 1.26 bits per heavy atom. The summed E-state index contributed by atoms with van der Waals surface area (Å²) >= 11 is 0. The van der Waals surface area contributed by atoms with Gasteiger partial charge in [0.1, 0.15) is 77.4 Å². The quantitative estimate of drug-likeness (QED) is 0.101. The number of benzene rings is 2. The molecular weight excluding hydrogens is 716 g/mol. The first-order valence-electron chi connectivity index (χ1n) is 16.4. The van der Waals surface area contributed by atoms with Gasteiger partial charge in [0.05, 0.1) is 18.8 Å². The molecule has 15 atom stereocenters. The van der Waals surface area contributed by atoms with Gasteiger partial charge in [0, 0.05) is 17.7 Å². The van der Waals surface area contributed by atoms with Gasteiger partial charge < -0.3 is 94.1 Å². The lowest BCUT2D eigenvalue weighted by atomic mass is 9.97. The van der Waals surface area contributed by atoms with Crippen LogP contribution in [-0.4, -0.2) is 160 Å². The van der Waals surface area contributed by atoms with Crippen LogP contribution < -0.4 is 14.9 Å². The standard InChI is InChI=1S/C33H40O20/c1-9-19(38)23(42)26(45)31(47-9)49-12-6-15(37)18-16(7-12)50-28(11-3-4-13(35)14(36)5-11)29(22(18)41)52-33-30(25(44)20(39)10(2)48-33)53-32-27(46)24(43)21(40)17(8-34)51-32/h3-7,9-10,17,19-21,23-27,30-40,42-46H,8H2,1-2H3/t9-,10-,17+,19-,20-,21+,23+,24-,25+,26+,27+,30+,31-,32-,33-/m0/s1. The fourth-order valence-corrected chi connectivity index (χ4v) is 6.23. The van der Waals surface area contributed by atoms with Crippen molar-refractivity contribution < 1.29 is 94.1 Å². The highest BCUT2D eigenvalue weighted by Crippen LogP contribution is 2.40. The van der Waals surface area contributed by atoms with Crippen molar-refractivity contribution in [2.45, 2.75) is 106 Å². The smallest absolute Gasteiger partial charge is 0.239 e. The molecule has 292 valence electrons. The zero-order valence-electron chi connectivity index (χ0n) is 27.9. The Hall–Kier alpha value is -3.87. The van der Waals surface area contributed by atoms with Gasteiger partial charge in [-0.25, -0.2) is 0 Å². The normalized spacial score (nSPS) is 37.8. The highest BCUT2D eigenvalue weighted by Gasteiger charge is 2.51. The van der Waals surface area contributed by atoms with Gasteiger partial charge in [-0.1, -0.05) is 0 Å². The average Bonchev–Trinajstić information content (AvgIpc) is 3.12. The van der Waals surface area contributed by atoms with Crippen LogP contribution in [-0.2, 0) is 18.9 Å². The molecule has 4 heterocycles. The van der Waals surface area contributed by atoms with Gasteiger partial charge in [0.2, 0.25) is 23.8 Å². The summed E-state index contributed by atoms with van der Waals surface area (Å²) in [4.78, 5) is 14.2. The van der Waals surface area contributed by atoms with Gasteiger partial charge in [-0.15, -0.1) is 0 Å². The Morgan fingerprint density at radius 1 is 0.642 bits per heavy atom. The lowest BCUT2D eigenvalue weighted by molar-refractivity contribution is -0.355. The number of aliphatic hydroxyl groups excluding tert-OH is 9. The summed E-state index contributed by atoms with van der Waals surface area (Å²) in [6, 6.07) is 5.35. The van der Waals surface area contributed by atoms with Crippen LogP contribution in [0.15, 0.2) is 39.5 Å². The number of rotatable bonds is 8. The molecule has 0 saturated carbocycles. The summed E-state index contributed by atoms with van der Waals surface area (Å²) < 4.78 is 39.9. The van der Waals surface area contributed by atoms with E-state index in [4.69, 9.17) is 32.8 Å². The molecule has 0 bridgehead atoms. The van der Waals surface area contributed by atoms with Gasteiger partial charge in [0.25, 0.3) is 0 Å². The highest BCUT2D eigenvalue weighted by atomic mass is 16.8. The fraction of sp³-hybridized carbons (Fsp3) is 0.545. The molecular formula is C33H40O20. The highest BCUT2D eigenvalue weighted by molar-refractivity contribution is 5.88. The van der Waals surface area contributed by atoms with Gasteiger partial charge in [-0.3, -0.25) is 4.79 Å². The van der Waals surface area contributed by atoms with E-state index in [0.717, 1.165) is 24.3 Å². The number of fused-ring (bicyclic) bond motifs is 1. The number of phenols is 3. The third-order valence-corrected chi connectivity index (χ3v) is 9.36. The largest absolute Gasteiger partial charge is 0.507 e. The van der Waals surface area contributed by atoms with Gasteiger partial charge >= 0.3 is 0 Å². The number of aromatic hydroxyl groups is 3. The first kappa shape index (κ1) is 38.8. The third-order valence-electron chi connectivity index (χ3n) is 9.36. The Balaban J connectivity index is 1.42. The number of hydrogen-bond donors (Lipinski definition) is 12. The molecule has 3 saturated heterocycles. The molecule has 0 aliphatic carbocycles. The molecule has 3 fully saturated rings. The molecule has 2 aromatic carbocycles. The van der Waals surface area contributed by atoms with E-state index >= 15 is 0 Å². The minimum Gasteiger partial charge on any atom is -0.507 e. The summed E-state index contributed by atoms with van der Waals surface area (Å²) in [6.45, 7) is 1.95. The SMILES string of the molecule is C[C@@H]1O[C@@H](Oc2cc(O)c3c(=O)c(O[C@@H]4O[C@@H](C)[C@H](O)[C@@H](O)[C@H]4O[C@@H]4O[C@H](CO)[C@@H](O)[C@H](O)[C@H]4O)c(-c4ccc(O)c(O)c4)oc3c2)[C@H](O)[C@H](O)[C@H]1O. The van der Waals surface area contributed by atoms with Crippen LogP contribution >= 0.6 is 0 Å². The van der Waals surface area contributed by atoms with Crippen LogP contribution in [0, 0.1) is 0 Å². The lowest BCUT2D eigenvalue weighted by Gasteiger charge is -2.45. The van der Waals surface area contributed by atoms with Crippen LogP contribution in [0.25, 0.3) is 22.3 Å². The van der Waals surface area contributed by atoms with Crippen molar-refractivity contribution >= 4 is 11.0 Å². The number of aliphatic hydroxyl groups is 9. The summed E-state index contributed by atoms with van der Waals surface area (Å²) in [5.41, 5.74) is -1.53. The van der Waals surface area contributed by atoms with Gasteiger partial charge in [-0.05, 0) is 32.0 Å². The lowest BCUT2D eigenvalue weighted by Crippen LogP contribution is -2.64. The summed E-state index contributed by atoms with van der Waals surface area (Å²) in [7, 11) is 0. The average molecular weight is 757 g/mol. The Labute approximate surface area is 298 Å². The number of ether oxygens (including phenoxy) is 6. The predicted molar refractivity (Wildman–Crippen MR) is 172 cm³/mol. The molecule has 3 aliphatic rings. The van der Waals surface area contributed by atoms with E-state index in [-0.39, 0.29) is 16.9 Å². The monoisotopic (exact) mass is 756 g/mol. The molecule has 53 heavy (non-hydrogen) atoms. The van der Waals surface area contributed by atoms with E-state index in [9.17, 15) is 66.1 Å². The summed E-state index contributed by atoms with van der Waals surface area (Å²) in [6.07, 6.45) is -24.6. The second-order valence-corrected chi connectivity index (χ2v) is 13.0. The first-order valence-corrected chi connectivity index (χ1v) is 16.4. The minimum atomic E-state index is -1.96. The number of hydrogen-bond acceptors (Lipinski definition) is 20. The zero-order valence-corrected chi connectivity index (χ0v) is 27.9. The van der Waals surface area contributed by atoms with Gasteiger partial charge in [0.15, 0.2) is 29.7 Å². The van der Waals surface area contributed by atoms with Crippen molar-refractivity contribution in [1.82, 2.24) is 0 Å². The maximum Gasteiger partial charge on any atom is 0.239 e. The van der Waals surface area contributed by atoms with Crippen molar-refractivity contribution in [1.29, 1.82) is 0 Å². The maximum absolute atomic E-state index is 14.2. The van der Waals surface area contributed by atoms with Crippen molar-refractivity contribution in [2.24, 2.45) is 0 Å². The number of phenolic OH excluding ortho intramolecular Hbond substituents is 3. The molecule has 0 radical (unpaired) electrons. The molecule has 20 heteroatoms. The topological polar surface area (TPSA) is 328 Å². The first-order chi connectivity index (χ1) is 25.0. The Morgan fingerprint density at radius 3 is 1.92 bits per heavy atom. The van der Waals surface area contributed by atoms with Crippen LogP contribution in [0.5, 0.6) is 28.7 Å². The Kier molecular flexibility index (Phi) is 11.1.